The highest BCUT2D eigenvalue weighted by Gasteiger charge is 2.08. The number of phenolic OH excluding ortho intramolecular Hbond substituents is 1. The second-order valence-corrected chi connectivity index (χ2v) is 2.88. The van der Waals surface area contributed by atoms with E-state index >= 15 is 0 Å². The third-order valence-electron chi connectivity index (χ3n) is 1.95. The van der Waals surface area contributed by atoms with Gasteiger partial charge in [-0.1, -0.05) is 12.1 Å². The fourth-order valence-corrected chi connectivity index (χ4v) is 1.18. The van der Waals surface area contributed by atoms with Crippen molar-refractivity contribution in [3.8, 4) is 5.75 Å². The summed E-state index contributed by atoms with van der Waals surface area (Å²) in [7, 11) is 0. The molecular formula is C9H14N2O2. The lowest BCUT2D eigenvalue weighted by Gasteiger charge is -2.13. The first-order valence-corrected chi connectivity index (χ1v) is 4.11. The highest BCUT2D eigenvalue weighted by Crippen LogP contribution is 2.17. The number of aromatic hydroxyl groups is 1. The summed E-state index contributed by atoms with van der Waals surface area (Å²) in [5.74, 6) is 5.36. The standard InChI is InChI=1S/C9H14N2O2/c10-11-5-8(6-12)7-1-3-9(13)4-2-7/h1-4,8,11-13H,5-6,10H2. The van der Waals surface area contributed by atoms with E-state index in [1.54, 1.807) is 24.3 Å². The maximum absolute atomic E-state index is 9.04. The van der Waals surface area contributed by atoms with Gasteiger partial charge in [0.15, 0.2) is 0 Å². The third kappa shape index (κ3) is 2.69. The van der Waals surface area contributed by atoms with Crippen molar-refractivity contribution in [2.24, 2.45) is 5.84 Å². The zero-order valence-electron chi connectivity index (χ0n) is 7.27. The molecule has 1 rings (SSSR count). The first-order valence-electron chi connectivity index (χ1n) is 4.11. The van der Waals surface area contributed by atoms with E-state index in [2.05, 4.69) is 5.43 Å². The summed E-state index contributed by atoms with van der Waals surface area (Å²) in [6.07, 6.45) is 0. The summed E-state index contributed by atoms with van der Waals surface area (Å²) in [6.45, 7) is 0.552. The Morgan fingerprint density at radius 2 is 1.92 bits per heavy atom. The molecule has 4 nitrogen and oxygen atoms in total. The van der Waals surface area contributed by atoms with Crippen LogP contribution in [0.25, 0.3) is 0 Å². The van der Waals surface area contributed by atoms with E-state index < -0.39 is 0 Å². The molecule has 0 amide bonds. The summed E-state index contributed by atoms with van der Waals surface area (Å²) >= 11 is 0. The number of hydrogen-bond donors (Lipinski definition) is 4. The van der Waals surface area contributed by atoms with Gasteiger partial charge < -0.3 is 10.2 Å². The lowest BCUT2D eigenvalue weighted by Crippen LogP contribution is -2.29. The molecule has 0 spiro atoms. The second-order valence-electron chi connectivity index (χ2n) is 2.88. The van der Waals surface area contributed by atoms with Crippen molar-refractivity contribution in [2.75, 3.05) is 13.2 Å². The van der Waals surface area contributed by atoms with Gasteiger partial charge in [-0.3, -0.25) is 11.3 Å². The van der Waals surface area contributed by atoms with Crippen LogP contribution in [0, 0.1) is 0 Å². The summed E-state index contributed by atoms with van der Waals surface area (Å²) in [4.78, 5) is 0. The van der Waals surface area contributed by atoms with Gasteiger partial charge in [0.25, 0.3) is 0 Å². The topological polar surface area (TPSA) is 78.5 Å². The lowest BCUT2D eigenvalue weighted by molar-refractivity contribution is 0.262. The van der Waals surface area contributed by atoms with Gasteiger partial charge in [-0.05, 0) is 17.7 Å². The van der Waals surface area contributed by atoms with Crippen LogP contribution in [0.3, 0.4) is 0 Å². The van der Waals surface area contributed by atoms with E-state index in [-0.39, 0.29) is 18.3 Å². The number of benzene rings is 1. The molecule has 4 heteroatoms. The Balaban J connectivity index is 2.73. The van der Waals surface area contributed by atoms with Crippen molar-refractivity contribution in [1.29, 1.82) is 0 Å². The number of phenols is 1. The Bertz CT molecular complexity index is 248. The molecule has 1 atom stereocenters. The predicted octanol–water partition coefficient (Wildman–Crippen LogP) is -0.0686. The summed E-state index contributed by atoms with van der Waals surface area (Å²) in [5, 5.41) is 18.1. The summed E-state index contributed by atoms with van der Waals surface area (Å²) in [6, 6.07) is 6.73. The number of hydrazine groups is 1. The molecule has 5 N–H and O–H groups in total. The number of nitrogens with one attached hydrogen (secondary N) is 1. The maximum Gasteiger partial charge on any atom is 0.115 e. The normalized spacial score (nSPS) is 12.8. The monoisotopic (exact) mass is 182 g/mol. The molecule has 0 heterocycles. The van der Waals surface area contributed by atoms with E-state index in [1.165, 1.54) is 0 Å². The Kier molecular flexibility index (Phi) is 3.70. The first-order chi connectivity index (χ1) is 6.27. The predicted molar refractivity (Wildman–Crippen MR) is 50.1 cm³/mol. The van der Waals surface area contributed by atoms with Gasteiger partial charge in [-0.25, -0.2) is 0 Å². The zero-order chi connectivity index (χ0) is 9.68. The molecule has 0 aliphatic heterocycles. The minimum atomic E-state index is -0.0226. The molecule has 0 radical (unpaired) electrons. The molecule has 0 fully saturated rings. The van der Waals surface area contributed by atoms with E-state index in [0.29, 0.717) is 6.54 Å². The number of hydrogen-bond acceptors (Lipinski definition) is 4. The van der Waals surface area contributed by atoms with Crippen LogP contribution in [0.2, 0.25) is 0 Å². The smallest absolute Gasteiger partial charge is 0.115 e. The van der Waals surface area contributed by atoms with Gasteiger partial charge in [-0.15, -0.1) is 0 Å². The summed E-state index contributed by atoms with van der Waals surface area (Å²) < 4.78 is 0. The Morgan fingerprint density at radius 3 is 2.38 bits per heavy atom. The molecule has 0 saturated heterocycles. The molecule has 13 heavy (non-hydrogen) atoms. The van der Waals surface area contributed by atoms with Crippen molar-refractivity contribution < 1.29 is 10.2 Å². The Hall–Kier alpha value is -1.10. The molecular weight excluding hydrogens is 168 g/mol. The fourth-order valence-electron chi connectivity index (χ4n) is 1.18. The van der Waals surface area contributed by atoms with Crippen LogP contribution in [0.4, 0.5) is 0 Å². The Morgan fingerprint density at radius 1 is 1.31 bits per heavy atom. The number of aliphatic hydroxyl groups excluding tert-OH is 1. The number of aliphatic hydroxyl groups is 1. The maximum atomic E-state index is 9.04. The van der Waals surface area contributed by atoms with Crippen LogP contribution in [0.5, 0.6) is 5.75 Å². The summed E-state index contributed by atoms with van der Waals surface area (Å²) in [5.41, 5.74) is 3.47. The second kappa shape index (κ2) is 4.81. The number of nitrogens with two attached hydrogens (primary N) is 1. The van der Waals surface area contributed by atoms with Crippen LogP contribution < -0.4 is 11.3 Å². The van der Waals surface area contributed by atoms with Crippen LogP contribution in [0.1, 0.15) is 11.5 Å². The van der Waals surface area contributed by atoms with Crippen LogP contribution in [0.15, 0.2) is 24.3 Å². The molecule has 0 aliphatic carbocycles. The van der Waals surface area contributed by atoms with E-state index in [0.717, 1.165) is 5.56 Å². The van der Waals surface area contributed by atoms with Gasteiger partial charge in [0.2, 0.25) is 0 Å². The SMILES string of the molecule is NNCC(CO)c1ccc(O)cc1. The molecule has 0 aliphatic rings. The minimum absolute atomic E-state index is 0.0226. The molecule has 0 saturated carbocycles. The highest BCUT2D eigenvalue weighted by molar-refractivity contribution is 5.28. The highest BCUT2D eigenvalue weighted by atomic mass is 16.3. The zero-order valence-corrected chi connectivity index (χ0v) is 7.27. The molecule has 0 aromatic heterocycles. The molecule has 72 valence electrons. The van der Waals surface area contributed by atoms with Crippen molar-refractivity contribution in [3.05, 3.63) is 29.8 Å². The van der Waals surface area contributed by atoms with Gasteiger partial charge in [0, 0.05) is 12.5 Å². The number of rotatable bonds is 4. The third-order valence-corrected chi connectivity index (χ3v) is 1.95. The molecule has 1 aromatic carbocycles. The molecule has 1 unspecified atom stereocenters. The van der Waals surface area contributed by atoms with Gasteiger partial charge in [0.1, 0.15) is 5.75 Å². The minimum Gasteiger partial charge on any atom is -0.508 e. The van der Waals surface area contributed by atoms with Crippen molar-refractivity contribution in [2.45, 2.75) is 5.92 Å². The fraction of sp³-hybridized carbons (Fsp3) is 0.333. The first kappa shape index (κ1) is 9.98. The Labute approximate surface area is 77.0 Å². The van der Waals surface area contributed by atoms with Crippen molar-refractivity contribution in [3.63, 3.8) is 0 Å². The van der Waals surface area contributed by atoms with E-state index in [1.807, 2.05) is 0 Å². The molecule has 1 aromatic rings. The van der Waals surface area contributed by atoms with Crippen LogP contribution in [-0.2, 0) is 0 Å². The average molecular weight is 182 g/mol. The molecule has 0 bridgehead atoms. The quantitative estimate of drug-likeness (QED) is 0.388. The van der Waals surface area contributed by atoms with Gasteiger partial charge in [-0.2, -0.15) is 0 Å². The van der Waals surface area contributed by atoms with Crippen LogP contribution >= 0.6 is 0 Å². The van der Waals surface area contributed by atoms with Crippen molar-refractivity contribution in [1.82, 2.24) is 5.43 Å². The lowest BCUT2D eigenvalue weighted by atomic mass is 10.0. The van der Waals surface area contributed by atoms with E-state index in [4.69, 9.17) is 16.1 Å². The van der Waals surface area contributed by atoms with Gasteiger partial charge in [0.05, 0.1) is 6.61 Å². The van der Waals surface area contributed by atoms with Crippen LogP contribution in [-0.4, -0.2) is 23.4 Å². The van der Waals surface area contributed by atoms with Gasteiger partial charge >= 0.3 is 0 Å². The van der Waals surface area contributed by atoms with E-state index in [9.17, 15) is 0 Å². The van der Waals surface area contributed by atoms with Crippen molar-refractivity contribution >= 4 is 0 Å². The average Bonchev–Trinajstić information content (AvgIpc) is 2.16. The largest absolute Gasteiger partial charge is 0.508 e.